The Morgan fingerprint density at radius 3 is 2.76 bits per heavy atom. The molecule has 0 aromatic rings. The van der Waals surface area contributed by atoms with E-state index in [9.17, 15) is 14.4 Å². The quantitative estimate of drug-likeness (QED) is 0.659. The molecule has 1 heterocycles. The maximum Gasteiger partial charge on any atom is 0.246 e. The van der Waals surface area contributed by atoms with Gasteiger partial charge in [0.05, 0.1) is 6.54 Å². The molecule has 1 aliphatic heterocycles. The third kappa shape index (κ3) is 5.21. The Morgan fingerprint density at radius 2 is 2.19 bits per heavy atom. The Hall–Kier alpha value is -1.85. The molecule has 21 heavy (non-hydrogen) atoms. The van der Waals surface area contributed by atoms with E-state index in [0.717, 1.165) is 13.0 Å². The van der Waals surface area contributed by atoms with Crippen molar-refractivity contribution in [3.05, 3.63) is 12.7 Å². The zero-order valence-corrected chi connectivity index (χ0v) is 12.9. The first-order valence-electron chi connectivity index (χ1n) is 7.47. The molecule has 1 N–H and O–H groups in total. The Labute approximate surface area is 126 Å². The van der Waals surface area contributed by atoms with Crippen LogP contribution >= 0.6 is 0 Å². The van der Waals surface area contributed by atoms with Gasteiger partial charge >= 0.3 is 0 Å². The van der Waals surface area contributed by atoms with Crippen molar-refractivity contribution in [3.8, 4) is 0 Å². The molecule has 0 bridgehead atoms. The second-order valence-electron chi connectivity index (χ2n) is 5.27. The molecule has 0 radical (unpaired) electrons. The lowest BCUT2D eigenvalue weighted by molar-refractivity contribution is -0.132. The number of amides is 3. The molecule has 1 unspecified atom stereocenters. The summed E-state index contributed by atoms with van der Waals surface area (Å²) in [5.41, 5.74) is 0. The van der Waals surface area contributed by atoms with Gasteiger partial charge in [-0.15, -0.1) is 0 Å². The summed E-state index contributed by atoms with van der Waals surface area (Å²) in [6.45, 7) is 9.72. The van der Waals surface area contributed by atoms with E-state index in [-0.39, 0.29) is 30.2 Å². The number of rotatable bonds is 8. The normalized spacial score (nSPS) is 17.7. The van der Waals surface area contributed by atoms with E-state index < -0.39 is 0 Å². The number of carbonyl (C=O) groups excluding carboxylic acids is 3. The highest BCUT2D eigenvalue weighted by molar-refractivity contribution is 5.90. The Bertz CT molecular complexity index is 409. The summed E-state index contributed by atoms with van der Waals surface area (Å²) in [5.74, 6) is -0.127. The average molecular weight is 295 g/mol. The van der Waals surface area contributed by atoms with Crippen molar-refractivity contribution in [1.29, 1.82) is 0 Å². The molecule has 0 aromatic carbocycles. The molecule has 1 saturated heterocycles. The molecule has 1 fully saturated rings. The number of nitrogens with zero attached hydrogens (tertiary/aromatic N) is 2. The van der Waals surface area contributed by atoms with Crippen molar-refractivity contribution >= 4 is 17.7 Å². The van der Waals surface area contributed by atoms with Gasteiger partial charge in [-0.05, 0) is 19.4 Å². The first-order chi connectivity index (χ1) is 10.0. The summed E-state index contributed by atoms with van der Waals surface area (Å²) in [6.07, 6.45) is 2.64. The molecule has 6 nitrogen and oxygen atoms in total. The fourth-order valence-electron chi connectivity index (χ4n) is 2.44. The van der Waals surface area contributed by atoms with Crippen molar-refractivity contribution in [2.45, 2.75) is 26.7 Å². The number of likely N-dealkylation sites (tertiary alicyclic amines) is 1. The van der Waals surface area contributed by atoms with E-state index in [1.165, 1.54) is 11.0 Å². The van der Waals surface area contributed by atoms with Crippen molar-refractivity contribution in [2.75, 3.05) is 32.7 Å². The Balaban J connectivity index is 2.35. The molecule has 118 valence electrons. The molecule has 0 spiro atoms. The predicted molar refractivity (Wildman–Crippen MR) is 80.4 cm³/mol. The number of carbonyl (C=O) groups is 3. The fourth-order valence-corrected chi connectivity index (χ4v) is 2.44. The molecule has 1 aliphatic rings. The molecule has 1 atom stereocenters. The zero-order valence-electron chi connectivity index (χ0n) is 12.9. The van der Waals surface area contributed by atoms with Crippen LogP contribution in [0.25, 0.3) is 0 Å². The minimum atomic E-state index is -0.252. The van der Waals surface area contributed by atoms with Crippen LogP contribution in [0.5, 0.6) is 0 Å². The lowest BCUT2D eigenvalue weighted by atomic mass is 10.1. The average Bonchev–Trinajstić information content (AvgIpc) is 2.82. The van der Waals surface area contributed by atoms with E-state index >= 15 is 0 Å². The lowest BCUT2D eigenvalue weighted by Crippen LogP contribution is -2.41. The van der Waals surface area contributed by atoms with Gasteiger partial charge in [-0.1, -0.05) is 13.5 Å². The van der Waals surface area contributed by atoms with Crippen LogP contribution in [0.4, 0.5) is 0 Å². The predicted octanol–water partition coefficient (Wildman–Crippen LogP) is 0.396. The fraction of sp³-hybridized carbons (Fsp3) is 0.667. The highest BCUT2D eigenvalue weighted by Gasteiger charge is 2.29. The number of hydrogen-bond donors (Lipinski definition) is 1. The van der Waals surface area contributed by atoms with Crippen LogP contribution in [-0.4, -0.2) is 60.2 Å². The van der Waals surface area contributed by atoms with Crippen LogP contribution in [0, 0.1) is 5.92 Å². The van der Waals surface area contributed by atoms with Crippen LogP contribution < -0.4 is 5.32 Å². The van der Waals surface area contributed by atoms with E-state index in [0.29, 0.717) is 26.1 Å². The summed E-state index contributed by atoms with van der Waals surface area (Å²) in [5, 5.41) is 2.81. The van der Waals surface area contributed by atoms with Gasteiger partial charge < -0.3 is 15.1 Å². The molecule has 3 amide bonds. The van der Waals surface area contributed by atoms with Crippen LogP contribution in [0.3, 0.4) is 0 Å². The van der Waals surface area contributed by atoms with Gasteiger partial charge in [-0.25, -0.2) is 0 Å². The standard InChI is InChI=1S/C15H25N3O3/c1-4-7-18-10-12(8-15(18)21)9-16-13(19)11-17(6-3)14(20)5-2/h5,12H,2,4,6-11H2,1,3H3,(H,16,19). The van der Waals surface area contributed by atoms with Gasteiger partial charge in [-0.3, -0.25) is 14.4 Å². The maximum absolute atomic E-state index is 11.8. The second-order valence-corrected chi connectivity index (χ2v) is 5.27. The van der Waals surface area contributed by atoms with E-state index in [2.05, 4.69) is 11.9 Å². The van der Waals surface area contributed by atoms with Crippen LogP contribution in [0.15, 0.2) is 12.7 Å². The van der Waals surface area contributed by atoms with Crippen LogP contribution in [-0.2, 0) is 14.4 Å². The maximum atomic E-state index is 11.8. The SMILES string of the molecule is C=CC(=O)N(CC)CC(=O)NCC1CC(=O)N(CCC)C1. The highest BCUT2D eigenvalue weighted by atomic mass is 16.2. The Morgan fingerprint density at radius 1 is 1.48 bits per heavy atom. The van der Waals surface area contributed by atoms with E-state index in [1.807, 2.05) is 18.7 Å². The molecule has 1 rings (SSSR count). The minimum Gasteiger partial charge on any atom is -0.354 e. The lowest BCUT2D eigenvalue weighted by Gasteiger charge is -2.19. The first-order valence-corrected chi connectivity index (χ1v) is 7.47. The second kappa shape index (κ2) is 8.44. The van der Waals surface area contributed by atoms with Crippen LogP contribution in [0.1, 0.15) is 26.7 Å². The Kier molecular flexibility index (Phi) is 6.91. The van der Waals surface area contributed by atoms with Gasteiger partial charge in [0.15, 0.2) is 0 Å². The minimum absolute atomic E-state index is 0.0285. The number of nitrogens with one attached hydrogen (secondary N) is 1. The summed E-state index contributed by atoms with van der Waals surface area (Å²) in [7, 11) is 0. The van der Waals surface area contributed by atoms with Crippen molar-refractivity contribution in [3.63, 3.8) is 0 Å². The largest absolute Gasteiger partial charge is 0.354 e. The van der Waals surface area contributed by atoms with Gasteiger partial charge in [0.1, 0.15) is 0 Å². The topological polar surface area (TPSA) is 69.7 Å². The summed E-state index contributed by atoms with van der Waals surface area (Å²) in [4.78, 5) is 38.3. The highest BCUT2D eigenvalue weighted by Crippen LogP contribution is 2.16. The van der Waals surface area contributed by atoms with E-state index in [4.69, 9.17) is 0 Å². The number of hydrogen-bond acceptors (Lipinski definition) is 3. The van der Waals surface area contributed by atoms with Crippen LogP contribution in [0.2, 0.25) is 0 Å². The third-order valence-electron chi connectivity index (χ3n) is 3.58. The monoisotopic (exact) mass is 295 g/mol. The van der Waals surface area contributed by atoms with Gasteiger partial charge in [-0.2, -0.15) is 0 Å². The summed E-state index contributed by atoms with van der Waals surface area (Å²) >= 11 is 0. The molecule has 0 aromatic heterocycles. The summed E-state index contributed by atoms with van der Waals surface area (Å²) < 4.78 is 0. The van der Waals surface area contributed by atoms with Gasteiger partial charge in [0.2, 0.25) is 17.7 Å². The molecular formula is C15H25N3O3. The summed E-state index contributed by atoms with van der Waals surface area (Å²) in [6, 6.07) is 0. The molecule has 6 heteroatoms. The van der Waals surface area contributed by atoms with Crippen molar-refractivity contribution < 1.29 is 14.4 Å². The van der Waals surface area contributed by atoms with Crippen molar-refractivity contribution in [1.82, 2.24) is 15.1 Å². The molecule has 0 saturated carbocycles. The van der Waals surface area contributed by atoms with Gasteiger partial charge in [0, 0.05) is 38.5 Å². The zero-order chi connectivity index (χ0) is 15.8. The molecular weight excluding hydrogens is 270 g/mol. The van der Waals surface area contributed by atoms with Crippen molar-refractivity contribution in [2.24, 2.45) is 5.92 Å². The smallest absolute Gasteiger partial charge is 0.246 e. The molecule has 0 aliphatic carbocycles. The number of likely N-dealkylation sites (N-methyl/N-ethyl adjacent to an activating group) is 1. The van der Waals surface area contributed by atoms with E-state index in [1.54, 1.807) is 0 Å². The third-order valence-corrected chi connectivity index (χ3v) is 3.58. The van der Waals surface area contributed by atoms with Gasteiger partial charge in [0.25, 0.3) is 0 Å². The first kappa shape index (κ1) is 17.2.